The molecule has 0 unspecified atom stereocenters. The van der Waals surface area contributed by atoms with E-state index in [1.54, 1.807) is 36.4 Å². The van der Waals surface area contributed by atoms with Crippen molar-refractivity contribution in [2.75, 3.05) is 18.6 Å². The molecule has 0 heterocycles. The van der Waals surface area contributed by atoms with Gasteiger partial charge in [0.15, 0.2) is 0 Å². The van der Waals surface area contributed by atoms with Crippen LogP contribution in [0.3, 0.4) is 0 Å². The van der Waals surface area contributed by atoms with Crippen molar-refractivity contribution in [3.8, 4) is 17.9 Å². The standard InChI is InChI=1S/C18H15N5O2/c19-12-14(13-20)22-23-17-9-5-4-8-16(17)18(24)21-10-11-25-15-6-2-1-3-7-15/h1-9,23H,10-11H2,(H,21,24). The van der Waals surface area contributed by atoms with E-state index in [1.807, 2.05) is 30.3 Å². The molecule has 0 saturated carbocycles. The minimum atomic E-state index is -0.327. The summed E-state index contributed by atoms with van der Waals surface area (Å²) in [6.07, 6.45) is 0. The third-order valence-electron chi connectivity index (χ3n) is 3.07. The molecular formula is C18H15N5O2. The van der Waals surface area contributed by atoms with Gasteiger partial charge in [-0.3, -0.25) is 10.2 Å². The van der Waals surface area contributed by atoms with E-state index in [-0.39, 0.29) is 11.6 Å². The van der Waals surface area contributed by atoms with E-state index < -0.39 is 0 Å². The first-order chi connectivity index (χ1) is 12.2. The average molecular weight is 333 g/mol. The molecule has 25 heavy (non-hydrogen) atoms. The van der Waals surface area contributed by atoms with Gasteiger partial charge in [-0.25, -0.2) is 0 Å². The van der Waals surface area contributed by atoms with Gasteiger partial charge in [0.05, 0.1) is 17.8 Å². The topological polar surface area (TPSA) is 110 Å². The first-order valence-electron chi connectivity index (χ1n) is 7.43. The average Bonchev–Trinajstić information content (AvgIpc) is 2.67. The molecule has 124 valence electrons. The first-order valence-corrected chi connectivity index (χ1v) is 7.43. The predicted molar refractivity (Wildman–Crippen MR) is 93.0 cm³/mol. The van der Waals surface area contributed by atoms with Crippen molar-refractivity contribution in [1.29, 1.82) is 10.5 Å². The highest BCUT2D eigenvalue weighted by Gasteiger charge is 2.10. The number of hydrazone groups is 1. The maximum Gasteiger partial charge on any atom is 0.253 e. The molecule has 7 nitrogen and oxygen atoms in total. The number of nitrogens with one attached hydrogen (secondary N) is 2. The fraction of sp³-hybridized carbons (Fsp3) is 0.111. The van der Waals surface area contributed by atoms with Crippen LogP contribution < -0.4 is 15.5 Å². The number of anilines is 1. The van der Waals surface area contributed by atoms with Gasteiger partial charge < -0.3 is 10.1 Å². The Bertz CT molecular complexity index is 819. The van der Waals surface area contributed by atoms with Crippen molar-refractivity contribution >= 4 is 17.3 Å². The number of carbonyl (C=O) groups excluding carboxylic acids is 1. The van der Waals surface area contributed by atoms with Gasteiger partial charge in [-0.1, -0.05) is 30.3 Å². The Hall–Kier alpha value is -3.84. The Morgan fingerprint density at radius 2 is 1.72 bits per heavy atom. The molecule has 0 aliphatic rings. The van der Waals surface area contributed by atoms with Crippen molar-refractivity contribution in [3.63, 3.8) is 0 Å². The van der Waals surface area contributed by atoms with E-state index in [1.165, 1.54) is 0 Å². The van der Waals surface area contributed by atoms with Crippen LogP contribution in [0.2, 0.25) is 0 Å². The van der Waals surface area contributed by atoms with Crippen molar-refractivity contribution < 1.29 is 9.53 Å². The molecule has 0 aromatic heterocycles. The second-order valence-electron chi connectivity index (χ2n) is 4.76. The molecule has 2 aromatic rings. The van der Waals surface area contributed by atoms with Gasteiger partial charge in [0.2, 0.25) is 5.71 Å². The zero-order valence-corrected chi connectivity index (χ0v) is 13.3. The van der Waals surface area contributed by atoms with Gasteiger partial charge in [-0.05, 0) is 24.3 Å². The number of benzene rings is 2. The van der Waals surface area contributed by atoms with E-state index >= 15 is 0 Å². The van der Waals surface area contributed by atoms with Crippen LogP contribution in [-0.2, 0) is 0 Å². The molecule has 2 N–H and O–H groups in total. The summed E-state index contributed by atoms with van der Waals surface area (Å²) in [4.78, 5) is 12.3. The Kier molecular flexibility index (Phi) is 6.54. The number of ether oxygens (including phenoxy) is 1. The van der Waals surface area contributed by atoms with Crippen molar-refractivity contribution in [1.82, 2.24) is 5.32 Å². The minimum Gasteiger partial charge on any atom is -0.492 e. The van der Waals surface area contributed by atoms with Crippen LogP contribution in [0, 0.1) is 22.7 Å². The van der Waals surface area contributed by atoms with Crippen LogP contribution in [0.4, 0.5) is 5.69 Å². The quantitative estimate of drug-likeness (QED) is 0.459. The molecule has 0 saturated heterocycles. The third kappa shape index (κ3) is 5.38. The molecular weight excluding hydrogens is 318 g/mol. The highest BCUT2D eigenvalue weighted by Crippen LogP contribution is 2.15. The van der Waals surface area contributed by atoms with Gasteiger partial charge in [0.25, 0.3) is 5.91 Å². The minimum absolute atomic E-state index is 0.314. The summed E-state index contributed by atoms with van der Waals surface area (Å²) in [5.41, 5.74) is 2.98. The smallest absolute Gasteiger partial charge is 0.253 e. The molecule has 0 spiro atoms. The van der Waals surface area contributed by atoms with Crippen molar-refractivity contribution in [3.05, 3.63) is 60.2 Å². The Labute approximate surface area is 145 Å². The number of para-hydroxylation sites is 2. The summed E-state index contributed by atoms with van der Waals surface area (Å²) >= 11 is 0. The monoisotopic (exact) mass is 333 g/mol. The van der Waals surface area contributed by atoms with Crippen LogP contribution in [0.5, 0.6) is 5.75 Å². The van der Waals surface area contributed by atoms with Gasteiger partial charge in [-0.15, -0.1) is 0 Å². The van der Waals surface area contributed by atoms with Gasteiger partial charge in [0, 0.05) is 0 Å². The second kappa shape index (κ2) is 9.33. The number of hydrogen-bond donors (Lipinski definition) is 2. The maximum absolute atomic E-state index is 12.3. The van der Waals surface area contributed by atoms with Crippen LogP contribution in [0.25, 0.3) is 0 Å². The fourth-order valence-corrected chi connectivity index (χ4v) is 1.92. The summed E-state index contributed by atoms with van der Waals surface area (Å²) in [6, 6.07) is 19.2. The van der Waals surface area contributed by atoms with Crippen molar-refractivity contribution in [2.45, 2.75) is 0 Å². The molecule has 7 heteroatoms. The molecule has 0 radical (unpaired) electrons. The lowest BCUT2D eigenvalue weighted by atomic mass is 10.1. The van der Waals surface area contributed by atoms with Crippen molar-refractivity contribution in [2.24, 2.45) is 5.10 Å². The predicted octanol–water partition coefficient (Wildman–Crippen LogP) is 2.31. The summed E-state index contributed by atoms with van der Waals surface area (Å²) < 4.78 is 5.51. The molecule has 0 atom stereocenters. The van der Waals surface area contributed by atoms with E-state index in [0.29, 0.717) is 24.4 Å². The van der Waals surface area contributed by atoms with Gasteiger partial charge in [0.1, 0.15) is 24.5 Å². The number of nitriles is 2. The number of amides is 1. The van der Waals surface area contributed by atoms with Crippen LogP contribution in [0.1, 0.15) is 10.4 Å². The van der Waals surface area contributed by atoms with Gasteiger partial charge in [-0.2, -0.15) is 15.6 Å². The molecule has 2 rings (SSSR count). The number of hydrogen-bond acceptors (Lipinski definition) is 6. The lowest BCUT2D eigenvalue weighted by Gasteiger charge is -2.10. The largest absolute Gasteiger partial charge is 0.492 e. The van der Waals surface area contributed by atoms with E-state index in [2.05, 4.69) is 15.8 Å². The highest BCUT2D eigenvalue weighted by molar-refractivity contribution is 6.10. The lowest BCUT2D eigenvalue weighted by Crippen LogP contribution is -2.28. The molecule has 0 bridgehead atoms. The zero-order valence-electron chi connectivity index (χ0n) is 13.3. The first kappa shape index (κ1) is 17.5. The summed E-state index contributed by atoms with van der Waals surface area (Å²) in [6.45, 7) is 0.656. The molecule has 0 aliphatic carbocycles. The summed E-state index contributed by atoms with van der Waals surface area (Å²) in [5, 5.41) is 23.8. The Balaban J connectivity index is 1.92. The summed E-state index contributed by atoms with van der Waals surface area (Å²) in [7, 11) is 0. The molecule has 0 fully saturated rings. The van der Waals surface area contributed by atoms with E-state index in [4.69, 9.17) is 15.3 Å². The van der Waals surface area contributed by atoms with Crippen LogP contribution in [-0.4, -0.2) is 24.8 Å². The van der Waals surface area contributed by atoms with Crippen LogP contribution in [0.15, 0.2) is 59.7 Å². The second-order valence-corrected chi connectivity index (χ2v) is 4.76. The molecule has 0 aliphatic heterocycles. The summed E-state index contributed by atoms with van der Waals surface area (Å²) in [5.74, 6) is 0.416. The Morgan fingerprint density at radius 3 is 2.44 bits per heavy atom. The highest BCUT2D eigenvalue weighted by atomic mass is 16.5. The molecule has 1 amide bonds. The maximum atomic E-state index is 12.3. The number of nitrogens with zero attached hydrogens (tertiary/aromatic N) is 3. The van der Waals surface area contributed by atoms with E-state index in [0.717, 1.165) is 5.75 Å². The number of rotatable bonds is 7. The van der Waals surface area contributed by atoms with Gasteiger partial charge >= 0.3 is 0 Å². The third-order valence-corrected chi connectivity index (χ3v) is 3.07. The molecule has 2 aromatic carbocycles. The lowest BCUT2D eigenvalue weighted by molar-refractivity contribution is 0.0948. The SMILES string of the molecule is N#CC(C#N)=NNc1ccccc1C(=O)NCCOc1ccccc1. The number of carbonyl (C=O) groups is 1. The fourth-order valence-electron chi connectivity index (χ4n) is 1.92. The normalized spacial score (nSPS) is 9.20. The zero-order chi connectivity index (χ0) is 17.9. The van der Waals surface area contributed by atoms with Crippen LogP contribution >= 0.6 is 0 Å². The van der Waals surface area contributed by atoms with E-state index in [9.17, 15) is 4.79 Å². The Morgan fingerprint density at radius 1 is 1.04 bits per heavy atom.